The van der Waals surface area contributed by atoms with E-state index in [4.69, 9.17) is 16.3 Å². The molecule has 0 aliphatic heterocycles. The van der Waals surface area contributed by atoms with Crippen LogP contribution >= 0.6 is 11.6 Å². The Morgan fingerprint density at radius 1 is 1.20 bits per heavy atom. The summed E-state index contributed by atoms with van der Waals surface area (Å²) in [4.78, 5) is 23.6. The predicted molar refractivity (Wildman–Crippen MR) is 88.5 cm³/mol. The first kappa shape index (κ1) is 18.6. The van der Waals surface area contributed by atoms with E-state index in [0.717, 1.165) is 0 Å². The van der Waals surface area contributed by atoms with Crippen LogP contribution in [0.4, 0.5) is 5.69 Å². The summed E-state index contributed by atoms with van der Waals surface area (Å²) in [5, 5.41) is 11.0. The van der Waals surface area contributed by atoms with E-state index in [0.29, 0.717) is 0 Å². The zero-order valence-corrected chi connectivity index (χ0v) is 14.1. The number of hydrogen-bond donors (Lipinski definition) is 2. The molecular formula is C14H12ClN3O6S. The number of benzene rings is 2. The van der Waals surface area contributed by atoms with Crippen molar-refractivity contribution in [2.75, 3.05) is 6.61 Å². The monoisotopic (exact) mass is 385 g/mol. The number of halogens is 1. The summed E-state index contributed by atoms with van der Waals surface area (Å²) in [6.07, 6.45) is 0. The maximum atomic E-state index is 12.0. The van der Waals surface area contributed by atoms with Crippen molar-refractivity contribution in [3.05, 3.63) is 63.7 Å². The summed E-state index contributed by atoms with van der Waals surface area (Å²) >= 11 is 5.72. The minimum Gasteiger partial charge on any atom is -0.477 e. The van der Waals surface area contributed by atoms with E-state index in [-0.39, 0.29) is 21.4 Å². The van der Waals surface area contributed by atoms with Crippen molar-refractivity contribution in [2.45, 2.75) is 4.90 Å². The molecule has 0 aliphatic rings. The van der Waals surface area contributed by atoms with E-state index >= 15 is 0 Å². The van der Waals surface area contributed by atoms with Gasteiger partial charge in [-0.05, 0) is 24.3 Å². The number of hydrogen-bond acceptors (Lipinski definition) is 6. The molecule has 0 spiro atoms. The summed E-state index contributed by atoms with van der Waals surface area (Å²) in [5.74, 6) is -0.955. The van der Waals surface area contributed by atoms with Crippen LogP contribution in [-0.2, 0) is 14.8 Å². The van der Waals surface area contributed by atoms with Crippen LogP contribution in [0.5, 0.6) is 5.75 Å². The third-order valence-corrected chi connectivity index (χ3v) is 4.33. The van der Waals surface area contributed by atoms with Crippen LogP contribution in [-0.4, -0.2) is 25.9 Å². The number of nitro benzene ring substituents is 1. The molecule has 0 fully saturated rings. The first-order chi connectivity index (χ1) is 11.8. The molecular weight excluding hydrogens is 374 g/mol. The fourth-order valence-electron chi connectivity index (χ4n) is 1.73. The molecule has 132 valence electrons. The Bertz CT molecular complexity index is 903. The first-order valence-corrected chi connectivity index (χ1v) is 8.58. The number of amides is 1. The van der Waals surface area contributed by atoms with E-state index in [1.165, 1.54) is 48.5 Å². The number of nitrogens with zero attached hydrogens (tertiary/aromatic N) is 1. The summed E-state index contributed by atoms with van der Waals surface area (Å²) in [7, 11) is -4.01. The maximum absolute atomic E-state index is 12.0. The Balaban J connectivity index is 1.94. The number of sulfonamides is 1. The van der Waals surface area contributed by atoms with Gasteiger partial charge < -0.3 is 4.74 Å². The molecule has 0 radical (unpaired) electrons. The Labute approximate surface area is 147 Å². The Morgan fingerprint density at radius 2 is 1.92 bits per heavy atom. The average Bonchev–Trinajstić information content (AvgIpc) is 2.58. The number of rotatable bonds is 7. The van der Waals surface area contributed by atoms with E-state index in [1.54, 1.807) is 0 Å². The van der Waals surface area contributed by atoms with Crippen molar-refractivity contribution in [3.8, 4) is 5.75 Å². The summed E-state index contributed by atoms with van der Waals surface area (Å²) in [6.45, 7) is -0.622. The molecule has 9 nitrogen and oxygen atoms in total. The molecule has 0 saturated heterocycles. The van der Waals surface area contributed by atoms with Gasteiger partial charge in [0.05, 0.1) is 9.82 Å². The number of para-hydroxylation sites is 2. The minimum atomic E-state index is -4.01. The minimum absolute atomic E-state index is 0.111. The number of nitrogens with one attached hydrogen (secondary N) is 2. The Kier molecular flexibility index (Phi) is 5.91. The molecule has 0 heterocycles. The van der Waals surface area contributed by atoms with Crippen LogP contribution in [0.3, 0.4) is 0 Å². The highest BCUT2D eigenvalue weighted by molar-refractivity contribution is 7.89. The van der Waals surface area contributed by atoms with Crippen LogP contribution < -0.4 is 15.0 Å². The molecule has 11 heteroatoms. The molecule has 0 bridgehead atoms. The molecule has 0 unspecified atom stereocenters. The smallest absolute Gasteiger partial charge is 0.310 e. The van der Waals surface area contributed by atoms with Gasteiger partial charge >= 0.3 is 5.69 Å². The van der Waals surface area contributed by atoms with Crippen LogP contribution in [0, 0.1) is 10.1 Å². The van der Waals surface area contributed by atoms with Gasteiger partial charge in [-0.1, -0.05) is 29.8 Å². The molecule has 25 heavy (non-hydrogen) atoms. The van der Waals surface area contributed by atoms with Gasteiger partial charge in [-0.2, -0.15) is 0 Å². The lowest BCUT2D eigenvalue weighted by atomic mass is 10.3. The average molecular weight is 386 g/mol. The van der Waals surface area contributed by atoms with Gasteiger partial charge in [-0.3, -0.25) is 20.3 Å². The maximum Gasteiger partial charge on any atom is 0.310 e. The highest BCUT2D eigenvalue weighted by Crippen LogP contribution is 2.25. The Hall–Kier alpha value is -2.69. The predicted octanol–water partition coefficient (Wildman–Crippen LogP) is 1.64. The van der Waals surface area contributed by atoms with Crippen molar-refractivity contribution in [1.82, 2.24) is 10.3 Å². The first-order valence-electron chi connectivity index (χ1n) is 6.72. The molecule has 2 aromatic carbocycles. The molecule has 1 amide bonds. The summed E-state index contributed by atoms with van der Waals surface area (Å²) in [5.41, 5.74) is 1.63. The van der Waals surface area contributed by atoms with Crippen molar-refractivity contribution >= 4 is 33.2 Å². The molecule has 0 aromatic heterocycles. The fraction of sp³-hybridized carbons (Fsp3) is 0.0714. The van der Waals surface area contributed by atoms with Gasteiger partial charge in [-0.15, -0.1) is 4.83 Å². The molecule has 2 N–H and O–H groups in total. The lowest BCUT2D eigenvalue weighted by molar-refractivity contribution is -0.385. The standard InChI is InChI=1S/C14H12ClN3O6S/c15-10-4-3-5-11(8-10)25(22,23)17-16-14(19)9-24-13-7-2-1-6-12(13)18(20)21/h1-8,17H,9H2,(H,16,19). The van der Waals surface area contributed by atoms with Gasteiger partial charge in [0.2, 0.25) is 0 Å². The third-order valence-electron chi connectivity index (χ3n) is 2.85. The van der Waals surface area contributed by atoms with Crippen LogP contribution in [0.1, 0.15) is 0 Å². The molecule has 2 rings (SSSR count). The van der Waals surface area contributed by atoms with Crippen LogP contribution in [0.2, 0.25) is 5.02 Å². The van der Waals surface area contributed by atoms with Crippen molar-refractivity contribution in [3.63, 3.8) is 0 Å². The second kappa shape index (κ2) is 7.92. The van der Waals surface area contributed by atoms with Gasteiger partial charge in [-0.25, -0.2) is 8.42 Å². The summed E-state index contributed by atoms with van der Waals surface area (Å²) < 4.78 is 29.0. The normalized spacial score (nSPS) is 10.9. The largest absolute Gasteiger partial charge is 0.477 e. The van der Waals surface area contributed by atoms with Gasteiger partial charge in [0.25, 0.3) is 15.9 Å². The lowest BCUT2D eigenvalue weighted by Gasteiger charge is -2.09. The SMILES string of the molecule is O=C(COc1ccccc1[N+](=O)[O-])NNS(=O)(=O)c1cccc(Cl)c1. The zero-order chi connectivity index (χ0) is 18.4. The van der Waals surface area contributed by atoms with Crippen LogP contribution in [0.25, 0.3) is 0 Å². The number of carbonyl (C=O) groups excluding carboxylic acids is 1. The number of ether oxygens (including phenoxy) is 1. The Morgan fingerprint density at radius 3 is 2.60 bits per heavy atom. The molecule has 0 saturated carbocycles. The molecule has 0 aliphatic carbocycles. The highest BCUT2D eigenvalue weighted by atomic mass is 35.5. The van der Waals surface area contributed by atoms with E-state index in [1.807, 2.05) is 10.3 Å². The van der Waals surface area contributed by atoms with Gasteiger partial charge in [0, 0.05) is 11.1 Å². The van der Waals surface area contributed by atoms with Crippen molar-refractivity contribution < 1.29 is 22.9 Å². The van der Waals surface area contributed by atoms with Crippen molar-refractivity contribution in [2.24, 2.45) is 0 Å². The van der Waals surface area contributed by atoms with E-state index in [2.05, 4.69) is 0 Å². The second-order valence-electron chi connectivity index (χ2n) is 4.62. The highest BCUT2D eigenvalue weighted by Gasteiger charge is 2.17. The van der Waals surface area contributed by atoms with Gasteiger partial charge in [0.15, 0.2) is 12.4 Å². The van der Waals surface area contributed by atoms with Gasteiger partial charge in [0.1, 0.15) is 0 Å². The molecule has 0 atom stereocenters. The second-order valence-corrected chi connectivity index (χ2v) is 6.74. The summed E-state index contributed by atoms with van der Waals surface area (Å²) in [6, 6.07) is 10.9. The lowest BCUT2D eigenvalue weighted by Crippen LogP contribution is -2.43. The topological polar surface area (TPSA) is 128 Å². The van der Waals surface area contributed by atoms with E-state index in [9.17, 15) is 23.3 Å². The fourth-order valence-corrected chi connectivity index (χ4v) is 2.89. The zero-order valence-electron chi connectivity index (χ0n) is 12.5. The third kappa shape index (κ3) is 5.14. The van der Waals surface area contributed by atoms with E-state index < -0.39 is 27.5 Å². The number of hydrazine groups is 1. The number of carbonyl (C=O) groups is 1. The number of nitro groups is 1. The molecule has 2 aromatic rings. The van der Waals surface area contributed by atoms with Crippen molar-refractivity contribution in [1.29, 1.82) is 0 Å². The van der Waals surface area contributed by atoms with Crippen LogP contribution in [0.15, 0.2) is 53.4 Å². The quantitative estimate of drug-likeness (QED) is 0.550.